The maximum atomic E-state index is 11.9. The van der Waals surface area contributed by atoms with Crippen molar-refractivity contribution in [1.29, 1.82) is 0 Å². The first-order valence-electron chi connectivity index (χ1n) is 12.5. The Morgan fingerprint density at radius 1 is 1.09 bits per heavy atom. The number of carbonyl (C=O) groups is 1. The van der Waals surface area contributed by atoms with Gasteiger partial charge in [-0.15, -0.1) is 0 Å². The zero-order valence-corrected chi connectivity index (χ0v) is 21.4. The number of fused-ring (bicyclic) bond motifs is 1. The van der Waals surface area contributed by atoms with Crippen LogP contribution in [0.25, 0.3) is 10.9 Å². The summed E-state index contributed by atoms with van der Waals surface area (Å²) in [6.45, 7) is 12.8. The van der Waals surface area contributed by atoms with Gasteiger partial charge in [-0.2, -0.15) is 0 Å². The second kappa shape index (κ2) is 12.1. The molecule has 5 heteroatoms. The monoisotopic (exact) mass is 464 g/mol. The highest BCUT2D eigenvalue weighted by Crippen LogP contribution is 2.20. The molecular weight excluding hydrogens is 424 g/mol. The highest BCUT2D eigenvalue weighted by atomic mass is 16.5. The third-order valence-electron chi connectivity index (χ3n) is 5.97. The van der Waals surface area contributed by atoms with Crippen molar-refractivity contribution in [3.8, 4) is 5.75 Å². The summed E-state index contributed by atoms with van der Waals surface area (Å²) in [5.41, 5.74) is 3.34. The molecular formula is C29H40N2O3. The molecule has 0 aliphatic carbocycles. The van der Waals surface area contributed by atoms with E-state index in [4.69, 9.17) is 9.47 Å². The maximum absolute atomic E-state index is 11.9. The number of benzene rings is 2. The first-order chi connectivity index (χ1) is 16.3. The summed E-state index contributed by atoms with van der Waals surface area (Å²) in [6, 6.07) is 17.5. The summed E-state index contributed by atoms with van der Waals surface area (Å²) in [5, 5.41) is 4.82. The normalized spacial score (nSPS) is 12.6. The van der Waals surface area contributed by atoms with Gasteiger partial charge < -0.3 is 19.4 Å². The van der Waals surface area contributed by atoms with E-state index in [1.165, 1.54) is 22.0 Å². The van der Waals surface area contributed by atoms with Crippen LogP contribution in [0, 0.1) is 5.41 Å². The first kappa shape index (κ1) is 25.8. The fraction of sp³-hybridized carbons (Fsp3) is 0.483. The lowest BCUT2D eigenvalue weighted by molar-refractivity contribution is -0.153. The lowest BCUT2D eigenvalue weighted by atomic mass is 9.97. The minimum absolute atomic E-state index is 0.144. The molecule has 0 amide bonds. The SMILES string of the molecule is CCc1ccccc1OCCN[C@H](C)Cc1ccc2c(ccn2CCCOC(=O)C(C)(C)C)c1. The molecule has 0 spiro atoms. The number of nitrogens with one attached hydrogen (secondary N) is 1. The largest absolute Gasteiger partial charge is 0.492 e. The van der Waals surface area contributed by atoms with Crippen molar-refractivity contribution < 1.29 is 14.3 Å². The summed E-state index contributed by atoms with van der Waals surface area (Å²) < 4.78 is 13.6. The van der Waals surface area contributed by atoms with Crippen molar-refractivity contribution in [3.05, 3.63) is 65.9 Å². The first-order valence-corrected chi connectivity index (χ1v) is 12.5. The molecule has 1 atom stereocenters. The van der Waals surface area contributed by atoms with Gasteiger partial charge in [0.2, 0.25) is 0 Å². The average Bonchev–Trinajstić information content (AvgIpc) is 3.21. The Bertz CT molecular complexity index is 1060. The molecule has 0 aliphatic heterocycles. The van der Waals surface area contributed by atoms with Crippen molar-refractivity contribution in [2.24, 2.45) is 5.41 Å². The molecule has 1 aromatic heterocycles. The summed E-state index contributed by atoms with van der Waals surface area (Å²) in [7, 11) is 0. The van der Waals surface area contributed by atoms with E-state index in [0.29, 0.717) is 19.3 Å². The van der Waals surface area contributed by atoms with Crippen molar-refractivity contribution in [2.75, 3.05) is 19.8 Å². The van der Waals surface area contributed by atoms with E-state index >= 15 is 0 Å². The third-order valence-corrected chi connectivity index (χ3v) is 5.97. The smallest absolute Gasteiger partial charge is 0.311 e. The number of hydrogen-bond acceptors (Lipinski definition) is 4. The summed E-state index contributed by atoms with van der Waals surface area (Å²) in [4.78, 5) is 11.9. The summed E-state index contributed by atoms with van der Waals surface area (Å²) >= 11 is 0. The highest BCUT2D eigenvalue weighted by molar-refractivity contribution is 5.81. The van der Waals surface area contributed by atoms with E-state index in [0.717, 1.165) is 38.1 Å². The van der Waals surface area contributed by atoms with Crippen molar-refractivity contribution >= 4 is 16.9 Å². The molecule has 0 saturated carbocycles. The Balaban J connectivity index is 1.43. The highest BCUT2D eigenvalue weighted by Gasteiger charge is 2.22. The number of ether oxygens (including phenoxy) is 2. The predicted molar refractivity (Wildman–Crippen MR) is 139 cm³/mol. The zero-order chi connectivity index (χ0) is 24.6. The molecule has 0 saturated heterocycles. The van der Waals surface area contributed by atoms with Crippen LogP contribution in [0.2, 0.25) is 0 Å². The van der Waals surface area contributed by atoms with Gasteiger partial charge in [-0.05, 0) is 87.7 Å². The van der Waals surface area contributed by atoms with Gasteiger partial charge in [0.1, 0.15) is 12.4 Å². The van der Waals surface area contributed by atoms with Crippen LogP contribution in [-0.2, 0) is 28.9 Å². The second-order valence-electron chi connectivity index (χ2n) is 10.0. The van der Waals surface area contributed by atoms with Gasteiger partial charge in [0.15, 0.2) is 0 Å². The van der Waals surface area contributed by atoms with Crippen LogP contribution < -0.4 is 10.1 Å². The molecule has 1 heterocycles. The number of aryl methyl sites for hydroxylation is 2. The van der Waals surface area contributed by atoms with Crippen LogP contribution in [0.15, 0.2) is 54.7 Å². The fourth-order valence-electron chi connectivity index (χ4n) is 4.02. The molecule has 0 radical (unpaired) electrons. The van der Waals surface area contributed by atoms with Crippen molar-refractivity contribution in [1.82, 2.24) is 9.88 Å². The lowest BCUT2D eigenvalue weighted by Crippen LogP contribution is -2.31. The van der Waals surface area contributed by atoms with E-state index in [1.807, 2.05) is 32.9 Å². The Morgan fingerprint density at radius 2 is 1.88 bits per heavy atom. The molecule has 1 N–H and O–H groups in total. The van der Waals surface area contributed by atoms with E-state index in [9.17, 15) is 4.79 Å². The van der Waals surface area contributed by atoms with Crippen LogP contribution in [-0.4, -0.2) is 36.3 Å². The topological polar surface area (TPSA) is 52.5 Å². The molecule has 0 fully saturated rings. The van der Waals surface area contributed by atoms with E-state index in [-0.39, 0.29) is 5.97 Å². The Morgan fingerprint density at radius 3 is 2.65 bits per heavy atom. The summed E-state index contributed by atoms with van der Waals surface area (Å²) in [6.07, 6.45) is 4.87. The van der Waals surface area contributed by atoms with E-state index in [2.05, 4.69) is 66.3 Å². The van der Waals surface area contributed by atoms with Crippen LogP contribution in [0.1, 0.15) is 52.2 Å². The quantitative estimate of drug-likeness (QED) is 0.273. The van der Waals surface area contributed by atoms with Gasteiger partial charge in [0.25, 0.3) is 0 Å². The number of nitrogens with zero attached hydrogens (tertiary/aromatic N) is 1. The summed E-state index contributed by atoms with van der Waals surface area (Å²) in [5.74, 6) is 0.844. The molecule has 2 aromatic carbocycles. The Hall–Kier alpha value is -2.79. The fourth-order valence-corrected chi connectivity index (χ4v) is 4.02. The second-order valence-corrected chi connectivity index (χ2v) is 10.0. The standard InChI is InChI=1S/C29H40N2O3/c1-6-24-10-7-8-11-27(24)33-19-15-30-22(2)20-23-12-13-26-25(21-23)14-17-31(26)16-9-18-34-28(32)29(3,4)5/h7-8,10-14,17,21-22,30H,6,9,15-16,18-20H2,1-5H3/t22-/m1/s1. The lowest BCUT2D eigenvalue weighted by Gasteiger charge is -2.16. The molecule has 3 aromatic rings. The van der Waals surface area contributed by atoms with E-state index in [1.54, 1.807) is 0 Å². The number of para-hydroxylation sites is 1. The Kier molecular flexibility index (Phi) is 9.17. The molecule has 0 aliphatic rings. The molecule has 0 unspecified atom stereocenters. The van der Waals surface area contributed by atoms with Crippen LogP contribution in [0.4, 0.5) is 0 Å². The van der Waals surface area contributed by atoms with E-state index < -0.39 is 5.41 Å². The van der Waals surface area contributed by atoms with Crippen LogP contribution in [0.5, 0.6) is 5.75 Å². The van der Waals surface area contributed by atoms with Crippen LogP contribution >= 0.6 is 0 Å². The number of hydrogen-bond donors (Lipinski definition) is 1. The number of rotatable bonds is 12. The molecule has 0 bridgehead atoms. The average molecular weight is 465 g/mol. The Labute approximate surface area is 204 Å². The van der Waals surface area contributed by atoms with Gasteiger partial charge in [0.05, 0.1) is 12.0 Å². The van der Waals surface area contributed by atoms with Crippen molar-refractivity contribution in [3.63, 3.8) is 0 Å². The van der Waals surface area contributed by atoms with Gasteiger partial charge in [-0.25, -0.2) is 0 Å². The number of esters is 1. The molecule has 184 valence electrons. The third kappa shape index (κ3) is 7.36. The van der Waals surface area contributed by atoms with Gasteiger partial charge in [0, 0.05) is 30.8 Å². The molecule has 3 rings (SSSR count). The van der Waals surface area contributed by atoms with Gasteiger partial charge in [-0.1, -0.05) is 31.2 Å². The van der Waals surface area contributed by atoms with Crippen LogP contribution in [0.3, 0.4) is 0 Å². The number of aromatic nitrogens is 1. The zero-order valence-electron chi connectivity index (χ0n) is 21.4. The van der Waals surface area contributed by atoms with Gasteiger partial charge >= 0.3 is 5.97 Å². The van der Waals surface area contributed by atoms with Gasteiger partial charge in [-0.3, -0.25) is 4.79 Å². The molecule has 34 heavy (non-hydrogen) atoms. The number of carbonyl (C=O) groups excluding carboxylic acids is 1. The minimum atomic E-state index is -0.448. The maximum Gasteiger partial charge on any atom is 0.311 e. The van der Waals surface area contributed by atoms with Crippen molar-refractivity contribution in [2.45, 2.75) is 66.5 Å². The predicted octanol–water partition coefficient (Wildman–Crippen LogP) is 5.78. The molecule has 5 nitrogen and oxygen atoms in total. The minimum Gasteiger partial charge on any atom is -0.492 e.